The fourth-order valence-electron chi connectivity index (χ4n) is 1.95. The maximum absolute atomic E-state index is 12.2. The van der Waals surface area contributed by atoms with Crippen LogP contribution in [0.2, 0.25) is 0 Å². The van der Waals surface area contributed by atoms with Crippen LogP contribution in [0.1, 0.15) is 41.5 Å². The molecular weight excluding hydrogens is 246 g/mol. The summed E-state index contributed by atoms with van der Waals surface area (Å²) in [6, 6.07) is -0.624. The Morgan fingerprint density at radius 2 is 1.95 bits per heavy atom. The molecule has 1 atom stereocenters. The van der Waals surface area contributed by atoms with Gasteiger partial charge in [-0.2, -0.15) is 0 Å². The lowest BCUT2D eigenvalue weighted by atomic mass is 10.1. The van der Waals surface area contributed by atoms with E-state index < -0.39 is 23.5 Å². The summed E-state index contributed by atoms with van der Waals surface area (Å²) in [6.07, 6.45) is 2.58. The minimum Gasteiger partial charge on any atom is -0.444 e. The third-order valence-corrected chi connectivity index (χ3v) is 2.74. The van der Waals surface area contributed by atoms with Crippen molar-refractivity contribution in [2.45, 2.75) is 58.9 Å². The molecule has 108 valence electrons. The van der Waals surface area contributed by atoms with E-state index in [9.17, 15) is 9.59 Å². The van der Waals surface area contributed by atoms with Gasteiger partial charge in [0.25, 0.3) is 0 Å². The molecule has 1 aliphatic heterocycles. The van der Waals surface area contributed by atoms with Crippen molar-refractivity contribution in [2.24, 2.45) is 0 Å². The Bertz CT molecular complexity index is 393. The number of rotatable bonds is 2. The SMILES string of the molecule is C/C=C/C(=O)[C@@H]1COC(C)(C)N1C(=O)OC(C)(C)C. The number of allylic oxidation sites excluding steroid dienone is 1. The summed E-state index contributed by atoms with van der Waals surface area (Å²) >= 11 is 0. The zero-order valence-electron chi connectivity index (χ0n) is 12.5. The van der Waals surface area contributed by atoms with Gasteiger partial charge in [-0.1, -0.05) is 6.08 Å². The molecule has 1 aliphatic rings. The first-order valence-electron chi connectivity index (χ1n) is 6.41. The minimum absolute atomic E-state index is 0.154. The molecule has 19 heavy (non-hydrogen) atoms. The fraction of sp³-hybridized carbons (Fsp3) is 0.714. The number of carbonyl (C=O) groups excluding carboxylic acids is 2. The molecule has 1 saturated heterocycles. The highest BCUT2D eigenvalue weighted by molar-refractivity contribution is 5.96. The summed E-state index contributed by atoms with van der Waals surface area (Å²) in [7, 11) is 0. The molecule has 0 bridgehead atoms. The maximum atomic E-state index is 12.2. The van der Waals surface area contributed by atoms with Gasteiger partial charge >= 0.3 is 6.09 Å². The first-order valence-corrected chi connectivity index (χ1v) is 6.41. The molecule has 0 aromatic carbocycles. The van der Waals surface area contributed by atoms with Crippen LogP contribution in [0.15, 0.2) is 12.2 Å². The smallest absolute Gasteiger partial charge is 0.413 e. The molecule has 1 rings (SSSR count). The largest absolute Gasteiger partial charge is 0.444 e. The van der Waals surface area contributed by atoms with Gasteiger partial charge in [0.15, 0.2) is 5.78 Å². The standard InChI is InChI=1S/C14H23NO4/c1-7-8-11(16)10-9-18-14(5,6)15(10)12(17)19-13(2,3)4/h7-8,10H,9H2,1-6H3/b8-7+/t10-/m0/s1. The number of amides is 1. The van der Waals surface area contributed by atoms with E-state index in [2.05, 4.69) is 0 Å². The van der Waals surface area contributed by atoms with Crippen LogP contribution in [0.4, 0.5) is 4.79 Å². The van der Waals surface area contributed by atoms with Crippen LogP contribution in [-0.4, -0.2) is 40.8 Å². The highest BCUT2D eigenvalue weighted by Gasteiger charge is 2.47. The van der Waals surface area contributed by atoms with Crippen LogP contribution in [0.5, 0.6) is 0 Å². The van der Waals surface area contributed by atoms with Crippen LogP contribution in [0.25, 0.3) is 0 Å². The zero-order valence-corrected chi connectivity index (χ0v) is 12.5. The predicted octanol–water partition coefficient (Wildman–Crippen LogP) is 2.50. The van der Waals surface area contributed by atoms with E-state index >= 15 is 0 Å². The summed E-state index contributed by atoms with van der Waals surface area (Å²) in [5, 5.41) is 0. The molecule has 0 N–H and O–H groups in total. The molecule has 0 aliphatic carbocycles. The third-order valence-electron chi connectivity index (χ3n) is 2.74. The van der Waals surface area contributed by atoms with Crippen LogP contribution in [0.3, 0.4) is 0 Å². The van der Waals surface area contributed by atoms with Crippen molar-refractivity contribution in [3.05, 3.63) is 12.2 Å². The van der Waals surface area contributed by atoms with Gasteiger partial charge in [0.1, 0.15) is 17.4 Å². The van der Waals surface area contributed by atoms with Gasteiger partial charge in [0.2, 0.25) is 0 Å². The number of nitrogens with zero attached hydrogens (tertiary/aromatic N) is 1. The highest BCUT2D eigenvalue weighted by Crippen LogP contribution is 2.29. The van der Waals surface area contributed by atoms with E-state index in [0.717, 1.165) is 0 Å². The number of ketones is 1. The van der Waals surface area contributed by atoms with E-state index in [4.69, 9.17) is 9.47 Å². The summed E-state index contributed by atoms with van der Waals surface area (Å²) < 4.78 is 10.9. The van der Waals surface area contributed by atoms with Crippen molar-refractivity contribution in [2.75, 3.05) is 6.61 Å². The lowest BCUT2D eigenvalue weighted by Gasteiger charge is -2.34. The lowest BCUT2D eigenvalue weighted by molar-refractivity contribution is -0.120. The van der Waals surface area contributed by atoms with Gasteiger partial charge in [-0.05, 0) is 47.6 Å². The zero-order chi connectivity index (χ0) is 14.8. The van der Waals surface area contributed by atoms with Crippen LogP contribution < -0.4 is 0 Å². The lowest BCUT2D eigenvalue weighted by Crippen LogP contribution is -2.51. The molecular formula is C14H23NO4. The topological polar surface area (TPSA) is 55.8 Å². The molecule has 1 heterocycles. The van der Waals surface area contributed by atoms with Gasteiger partial charge in [-0.25, -0.2) is 4.79 Å². The Kier molecular flexibility index (Phi) is 4.40. The molecule has 0 unspecified atom stereocenters. The Morgan fingerprint density at radius 3 is 2.42 bits per heavy atom. The molecule has 1 fully saturated rings. The van der Waals surface area contributed by atoms with Gasteiger partial charge in [0, 0.05) is 0 Å². The molecule has 0 spiro atoms. The van der Waals surface area contributed by atoms with Crippen LogP contribution >= 0.6 is 0 Å². The first-order chi connectivity index (χ1) is 8.58. The quantitative estimate of drug-likeness (QED) is 0.723. The summed E-state index contributed by atoms with van der Waals surface area (Å²) in [4.78, 5) is 25.6. The number of hydrogen-bond donors (Lipinski definition) is 0. The van der Waals surface area contributed by atoms with E-state index in [0.29, 0.717) is 0 Å². The van der Waals surface area contributed by atoms with Crippen molar-refractivity contribution >= 4 is 11.9 Å². The Morgan fingerprint density at radius 1 is 1.37 bits per heavy atom. The highest BCUT2D eigenvalue weighted by atomic mass is 16.6. The average molecular weight is 269 g/mol. The maximum Gasteiger partial charge on any atom is 0.413 e. The normalized spacial score (nSPS) is 22.8. The molecule has 0 radical (unpaired) electrons. The molecule has 0 saturated carbocycles. The summed E-state index contributed by atoms with van der Waals surface area (Å²) in [5.74, 6) is -0.154. The van der Waals surface area contributed by atoms with Crippen molar-refractivity contribution < 1.29 is 19.1 Å². The number of hydrogen-bond acceptors (Lipinski definition) is 4. The van der Waals surface area contributed by atoms with E-state index in [1.54, 1.807) is 47.6 Å². The molecule has 5 nitrogen and oxygen atoms in total. The van der Waals surface area contributed by atoms with Crippen molar-refractivity contribution in [1.82, 2.24) is 4.90 Å². The fourth-order valence-corrected chi connectivity index (χ4v) is 1.95. The van der Waals surface area contributed by atoms with Crippen LogP contribution in [0, 0.1) is 0 Å². The molecule has 0 aromatic rings. The molecule has 0 aromatic heterocycles. The number of ether oxygens (including phenoxy) is 2. The second kappa shape index (κ2) is 5.33. The van der Waals surface area contributed by atoms with Gasteiger partial charge in [-0.3, -0.25) is 9.69 Å². The third kappa shape index (κ3) is 3.80. The minimum atomic E-state index is -0.843. The molecule has 5 heteroatoms. The van der Waals surface area contributed by atoms with Gasteiger partial charge < -0.3 is 9.47 Å². The molecule has 1 amide bonds. The van der Waals surface area contributed by atoms with Gasteiger partial charge in [0.05, 0.1) is 6.61 Å². The summed E-state index contributed by atoms with van der Waals surface area (Å²) in [5.41, 5.74) is -1.45. The van der Waals surface area contributed by atoms with E-state index in [1.165, 1.54) is 11.0 Å². The van der Waals surface area contributed by atoms with E-state index in [1.807, 2.05) is 0 Å². The Balaban J connectivity index is 2.96. The van der Waals surface area contributed by atoms with Crippen molar-refractivity contribution in [3.63, 3.8) is 0 Å². The van der Waals surface area contributed by atoms with E-state index in [-0.39, 0.29) is 12.4 Å². The van der Waals surface area contributed by atoms with Gasteiger partial charge in [-0.15, -0.1) is 0 Å². The second-order valence-electron chi connectivity index (χ2n) is 6.03. The monoisotopic (exact) mass is 269 g/mol. The predicted molar refractivity (Wildman–Crippen MR) is 71.7 cm³/mol. The summed E-state index contributed by atoms with van der Waals surface area (Å²) in [6.45, 7) is 10.8. The van der Waals surface area contributed by atoms with Crippen molar-refractivity contribution in [3.8, 4) is 0 Å². The number of carbonyl (C=O) groups is 2. The Labute approximate surface area is 114 Å². The van der Waals surface area contributed by atoms with Crippen molar-refractivity contribution in [1.29, 1.82) is 0 Å². The first kappa shape index (κ1) is 15.7. The second-order valence-corrected chi connectivity index (χ2v) is 6.03. The average Bonchev–Trinajstić information content (AvgIpc) is 2.51. The Hall–Kier alpha value is -1.36. The van der Waals surface area contributed by atoms with Crippen LogP contribution in [-0.2, 0) is 14.3 Å².